The van der Waals surface area contributed by atoms with Crippen LogP contribution in [0, 0.1) is 5.41 Å². The third-order valence-electron chi connectivity index (χ3n) is 3.71. The summed E-state index contributed by atoms with van der Waals surface area (Å²) in [5, 5.41) is 5.66. The molecule has 1 atom stereocenters. The number of hydrogen-bond acceptors (Lipinski definition) is 3. The normalized spacial score (nSPS) is 19.4. The lowest BCUT2D eigenvalue weighted by Crippen LogP contribution is -2.50. The number of nitrogens with one attached hydrogen (secondary N) is 2. The Morgan fingerprint density at radius 2 is 2.17 bits per heavy atom. The van der Waals surface area contributed by atoms with Gasteiger partial charge in [0.05, 0.1) is 10.4 Å². The van der Waals surface area contributed by atoms with E-state index in [9.17, 15) is 9.59 Å². The molecule has 0 spiro atoms. The summed E-state index contributed by atoms with van der Waals surface area (Å²) in [5.41, 5.74) is 4.93. The van der Waals surface area contributed by atoms with E-state index in [2.05, 4.69) is 10.6 Å². The van der Waals surface area contributed by atoms with Gasteiger partial charge in [-0.2, -0.15) is 0 Å². The van der Waals surface area contributed by atoms with Crippen molar-refractivity contribution < 1.29 is 9.59 Å². The van der Waals surface area contributed by atoms with Gasteiger partial charge in [0.25, 0.3) is 0 Å². The van der Waals surface area contributed by atoms with Gasteiger partial charge in [-0.3, -0.25) is 9.59 Å². The zero-order valence-electron chi connectivity index (χ0n) is 10.9. The van der Waals surface area contributed by atoms with Gasteiger partial charge < -0.3 is 16.4 Å². The maximum Gasteiger partial charge on any atom is 0.233 e. The summed E-state index contributed by atoms with van der Waals surface area (Å²) in [6.07, 6.45) is 2.46. The van der Waals surface area contributed by atoms with E-state index in [0.717, 1.165) is 6.42 Å². The second-order valence-corrected chi connectivity index (χ2v) is 5.11. The molecule has 0 radical (unpaired) electrons. The third kappa shape index (κ3) is 2.98. The van der Waals surface area contributed by atoms with Gasteiger partial charge in [-0.05, 0) is 19.3 Å². The first-order chi connectivity index (χ1) is 8.46. The smallest absolute Gasteiger partial charge is 0.233 e. The molecular formula is C12H21N3O2S. The van der Waals surface area contributed by atoms with Crippen LogP contribution >= 0.6 is 12.2 Å². The monoisotopic (exact) mass is 271 g/mol. The van der Waals surface area contributed by atoms with Crippen molar-refractivity contribution in [3.8, 4) is 0 Å². The molecule has 2 amide bonds. The van der Waals surface area contributed by atoms with Gasteiger partial charge in [0.15, 0.2) is 0 Å². The molecule has 1 unspecified atom stereocenters. The Morgan fingerprint density at radius 3 is 2.56 bits per heavy atom. The van der Waals surface area contributed by atoms with Crippen molar-refractivity contribution >= 4 is 29.0 Å². The van der Waals surface area contributed by atoms with Crippen LogP contribution in [0.15, 0.2) is 0 Å². The number of carbonyl (C=O) groups is 2. The van der Waals surface area contributed by atoms with E-state index in [1.165, 1.54) is 0 Å². The van der Waals surface area contributed by atoms with Crippen LogP contribution in [0.25, 0.3) is 0 Å². The van der Waals surface area contributed by atoms with Crippen LogP contribution in [0.1, 0.15) is 39.5 Å². The summed E-state index contributed by atoms with van der Waals surface area (Å²) in [7, 11) is 0. The lowest BCUT2D eigenvalue weighted by Gasteiger charge is -2.29. The number of hydrogen-bond donors (Lipinski definition) is 3. The van der Waals surface area contributed by atoms with Crippen molar-refractivity contribution in [1.29, 1.82) is 0 Å². The molecule has 1 saturated heterocycles. The van der Waals surface area contributed by atoms with Gasteiger partial charge in [0, 0.05) is 19.0 Å². The van der Waals surface area contributed by atoms with E-state index in [0.29, 0.717) is 25.8 Å². The first-order valence-electron chi connectivity index (χ1n) is 6.33. The van der Waals surface area contributed by atoms with Crippen molar-refractivity contribution in [3.05, 3.63) is 0 Å². The highest BCUT2D eigenvalue weighted by atomic mass is 32.1. The summed E-state index contributed by atoms with van der Waals surface area (Å²) < 4.78 is 0. The predicted molar refractivity (Wildman–Crippen MR) is 74.0 cm³/mol. The average Bonchev–Trinajstić information content (AvgIpc) is 2.74. The van der Waals surface area contributed by atoms with Crippen molar-refractivity contribution in [2.24, 2.45) is 11.1 Å². The Morgan fingerprint density at radius 1 is 1.56 bits per heavy atom. The lowest BCUT2D eigenvalue weighted by atomic mass is 9.81. The van der Waals surface area contributed by atoms with Crippen LogP contribution < -0.4 is 16.4 Å². The maximum absolute atomic E-state index is 12.2. The highest BCUT2D eigenvalue weighted by Crippen LogP contribution is 2.27. The molecule has 0 aromatic rings. The van der Waals surface area contributed by atoms with Gasteiger partial charge in [0.2, 0.25) is 11.8 Å². The summed E-state index contributed by atoms with van der Waals surface area (Å²) in [6, 6.07) is 0.0270. The predicted octanol–water partition coefficient (Wildman–Crippen LogP) is 0.474. The molecule has 6 heteroatoms. The fraction of sp³-hybridized carbons (Fsp3) is 0.750. The zero-order chi connectivity index (χ0) is 13.8. The van der Waals surface area contributed by atoms with Gasteiger partial charge in [-0.15, -0.1) is 0 Å². The van der Waals surface area contributed by atoms with E-state index >= 15 is 0 Å². The van der Waals surface area contributed by atoms with E-state index in [1.54, 1.807) is 0 Å². The van der Waals surface area contributed by atoms with E-state index in [4.69, 9.17) is 18.0 Å². The second-order valence-electron chi connectivity index (χ2n) is 4.67. The summed E-state index contributed by atoms with van der Waals surface area (Å²) in [4.78, 5) is 23.5. The average molecular weight is 271 g/mol. The van der Waals surface area contributed by atoms with Crippen LogP contribution in [0.4, 0.5) is 0 Å². The molecule has 0 saturated carbocycles. The quantitative estimate of drug-likeness (QED) is 0.613. The summed E-state index contributed by atoms with van der Waals surface area (Å²) in [6.45, 7) is 4.24. The molecule has 0 bridgehead atoms. The number of thiocarbonyl (C=S) groups is 1. The number of nitrogens with two attached hydrogens (primary N) is 1. The molecule has 1 aliphatic heterocycles. The molecule has 102 valence electrons. The fourth-order valence-electron chi connectivity index (χ4n) is 2.25. The topological polar surface area (TPSA) is 84.2 Å². The fourth-order valence-corrected chi connectivity index (χ4v) is 2.63. The Bertz CT molecular complexity index is 353. The molecular weight excluding hydrogens is 250 g/mol. The first-order valence-corrected chi connectivity index (χ1v) is 6.74. The van der Waals surface area contributed by atoms with Crippen LogP contribution in [-0.4, -0.2) is 29.4 Å². The van der Waals surface area contributed by atoms with Gasteiger partial charge in [-0.1, -0.05) is 26.1 Å². The first kappa shape index (κ1) is 14.9. The highest BCUT2D eigenvalue weighted by Gasteiger charge is 2.38. The number of carbonyl (C=O) groups excluding carboxylic acids is 2. The third-order valence-corrected chi connectivity index (χ3v) is 4.10. The van der Waals surface area contributed by atoms with E-state index < -0.39 is 5.41 Å². The lowest BCUT2D eigenvalue weighted by molar-refractivity contribution is -0.128. The summed E-state index contributed by atoms with van der Waals surface area (Å²) >= 11 is 5.02. The minimum absolute atomic E-state index is 0.0270. The van der Waals surface area contributed by atoms with Crippen LogP contribution in [0.5, 0.6) is 0 Å². The van der Waals surface area contributed by atoms with Crippen LogP contribution in [0.3, 0.4) is 0 Å². The largest absolute Gasteiger partial charge is 0.392 e. The van der Waals surface area contributed by atoms with Crippen molar-refractivity contribution in [1.82, 2.24) is 10.6 Å². The van der Waals surface area contributed by atoms with Gasteiger partial charge in [-0.25, -0.2) is 0 Å². The van der Waals surface area contributed by atoms with Crippen molar-refractivity contribution in [2.45, 2.75) is 45.6 Å². The van der Waals surface area contributed by atoms with Crippen molar-refractivity contribution in [3.63, 3.8) is 0 Å². The van der Waals surface area contributed by atoms with E-state index in [1.807, 2.05) is 13.8 Å². The van der Waals surface area contributed by atoms with Crippen LogP contribution in [0.2, 0.25) is 0 Å². The minimum atomic E-state index is -0.766. The molecule has 1 rings (SSSR count). The molecule has 18 heavy (non-hydrogen) atoms. The van der Waals surface area contributed by atoms with Gasteiger partial charge in [0.1, 0.15) is 0 Å². The van der Waals surface area contributed by atoms with Gasteiger partial charge >= 0.3 is 0 Å². The molecule has 0 aromatic heterocycles. The highest BCUT2D eigenvalue weighted by molar-refractivity contribution is 7.80. The Kier molecular flexibility index (Phi) is 5.07. The minimum Gasteiger partial charge on any atom is -0.392 e. The molecule has 1 fully saturated rings. The molecule has 5 nitrogen and oxygen atoms in total. The SMILES string of the molecule is CCC(CC)(C(=O)NCC1CCC(=O)N1)C(N)=S. The Hall–Kier alpha value is -1.17. The number of rotatable bonds is 6. The molecule has 1 aliphatic rings. The zero-order valence-corrected chi connectivity index (χ0v) is 11.7. The standard InChI is InChI=1S/C12H21N3O2S/c1-3-12(4-2,10(13)18)11(17)14-7-8-5-6-9(16)15-8/h8H,3-7H2,1-2H3,(H2,13,18)(H,14,17)(H,15,16). The Balaban J connectivity index is 2.57. The summed E-state index contributed by atoms with van der Waals surface area (Å²) in [5.74, 6) is -0.0954. The molecule has 4 N–H and O–H groups in total. The number of amides is 2. The molecule has 0 aromatic carbocycles. The van der Waals surface area contributed by atoms with Crippen LogP contribution in [-0.2, 0) is 9.59 Å². The Labute approximate surface area is 113 Å². The van der Waals surface area contributed by atoms with E-state index in [-0.39, 0.29) is 22.8 Å². The second kappa shape index (κ2) is 6.13. The molecule has 0 aliphatic carbocycles. The maximum atomic E-state index is 12.2. The molecule has 1 heterocycles. The van der Waals surface area contributed by atoms with Crippen molar-refractivity contribution in [2.75, 3.05) is 6.54 Å².